The van der Waals surface area contributed by atoms with Gasteiger partial charge >= 0.3 is 0 Å². The van der Waals surface area contributed by atoms with Crippen molar-refractivity contribution in [3.8, 4) is 0 Å². The van der Waals surface area contributed by atoms with Crippen LogP contribution in [0.1, 0.15) is 13.3 Å². The molecule has 0 aromatic carbocycles. The highest BCUT2D eigenvalue weighted by molar-refractivity contribution is 7.75. The Labute approximate surface area is 49.1 Å². The molecule has 0 aromatic heterocycles. The minimum absolute atomic E-state index is 0.271. The zero-order valence-electron chi connectivity index (χ0n) is 4.29. The molecule has 0 radical (unpaired) electrons. The van der Waals surface area contributed by atoms with Crippen molar-refractivity contribution in [1.29, 1.82) is 0 Å². The zero-order chi connectivity index (χ0) is 5.70. The molecule has 0 aliphatic rings. The first-order valence-electron chi connectivity index (χ1n) is 2.22. The number of thiol groups is 1. The Morgan fingerprint density at radius 2 is 2.43 bits per heavy atom. The summed E-state index contributed by atoms with van der Waals surface area (Å²) in [5.41, 5.74) is 0. The van der Waals surface area contributed by atoms with Crippen molar-refractivity contribution < 1.29 is 9.29 Å². The first kappa shape index (κ1) is 7.27. The van der Waals surface area contributed by atoms with Crippen molar-refractivity contribution >= 4 is 12.9 Å². The molecule has 0 rings (SSSR count). The monoisotopic (exact) mass is 122 g/mol. The van der Waals surface area contributed by atoms with Gasteiger partial charge in [-0.25, -0.2) is 0 Å². The molecular formula is C4H10O2S. The van der Waals surface area contributed by atoms with Crippen LogP contribution in [0.25, 0.3) is 0 Å². The summed E-state index contributed by atoms with van der Waals surface area (Å²) in [5, 5.41) is 8.57. The van der Waals surface area contributed by atoms with Crippen LogP contribution >= 0.6 is 12.9 Å². The van der Waals surface area contributed by atoms with Crippen molar-refractivity contribution in [2.45, 2.75) is 19.4 Å². The Morgan fingerprint density at radius 1 is 1.86 bits per heavy atom. The van der Waals surface area contributed by atoms with Crippen LogP contribution in [0.2, 0.25) is 0 Å². The minimum atomic E-state index is -0.271. The quantitative estimate of drug-likeness (QED) is 0.424. The van der Waals surface area contributed by atoms with Crippen molar-refractivity contribution in [3.63, 3.8) is 0 Å². The average molecular weight is 122 g/mol. The van der Waals surface area contributed by atoms with Gasteiger partial charge in [0.25, 0.3) is 0 Å². The van der Waals surface area contributed by atoms with E-state index in [9.17, 15) is 0 Å². The molecule has 0 saturated heterocycles. The van der Waals surface area contributed by atoms with Gasteiger partial charge in [0.15, 0.2) is 0 Å². The Balaban J connectivity index is 2.68. The molecule has 3 heteroatoms. The van der Waals surface area contributed by atoms with E-state index < -0.39 is 0 Å². The van der Waals surface area contributed by atoms with E-state index in [1.165, 1.54) is 0 Å². The fraction of sp³-hybridized carbons (Fsp3) is 1.00. The van der Waals surface area contributed by atoms with Crippen molar-refractivity contribution in [2.24, 2.45) is 0 Å². The van der Waals surface area contributed by atoms with E-state index in [-0.39, 0.29) is 6.10 Å². The summed E-state index contributed by atoms with van der Waals surface area (Å²) in [6.07, 6.45) is 0.385. The third-order valence-corrected chi connectivity index (χ3v) is 0.809. The standard InChI is InChI=1S/C4H10O2S/c1-4(5)2-3-6-7/h4-5,7H,2-3H2,1H3. The van der Waals surface area contributed by atoms with Crippen LogP contribution in [0.4, 0.5) is 0 Å². The molecule has 0 aromatic rings. The minimum Gasteiger partial charge on any atom is -0.393 e. The van der Waals surface area contributed by atoms with Crippen LogP contribution < -0.4 is 0 Å². The van der Waals surface area contributed by atoms with Crippen molar-refractivity contribution in [1.82, 2.24) is 0 Å². The lowest BCUT2D eigenvalue weighted by Gasteiger charge is -1.98. The lowest BCUT2D eigenvalue weighted by molar-refractivity contribution is 0.163. The first-order chi connectivity index (χ1) is 3.27. The third-order valence-electron chi connectivity index (χ3n) is 0.627. The molecule has 0 saturated carbocycles. The van der Waals surface area contributed by atoms with Crippen molar-refractivity contribution in [3.05, 3.63) is 0 Å². The van der Waals surface area contributed by atoms with Gasteiger partial charge in [-0.2, -0.15) is 0 Å². The largest absolute Gasteiger partial charge is 0.393 e. The van der Waals surface area contributed by atoms with E-state index in [1.807, 2.05) is 0 Å². The SMILES string of the molecule is CC(O)CCOS. The van der Waals surface area contributed by atoms with Crippen molar-refractivity contribution in [2.75, 3.05) is 6.61 Å². The Bertz CT molecular complexity index is 38.7. The van der Waals surface area contributed by atoms with Gasteiger partial charge in [0.1, 0.15) is 0 Å². The van der Waals surface area contributed by atoms with Gasteiger partial charge in [0.05, 0.1) is 12.7 Å². The second kappa shape index (κ2) is 4.43. The van der Waals surface area contributed by atoms with Crippen LogP contribution in [0.5, 0.6) is 0 Å². The summed E-state index contributed by atoms with van der Waals surface area (Å²) in [5.74, 6) is 0. The normalized spacial score (nSPS) is 14.1. The van der Waals surface area contributed by atoms with Gasteiger partial charge in [-0.1, -0.05) is 0 Å². The van der Waals surface area contributed by atoms with E-state index >= 15 is 0 Å². The van der Waals surface area contributed by atoms with Gasteiger partial charge in [-0.15, -0.1) is 0 Å². The Morgan fingerprint density at radius 3 is 2.57 bits per heavy atom. The molecule has 2 nitrogen and oxygen atoms in total. The van der Waals surface area contributed by atoms with Gasteiger partial charge < -0.3 is 9.29 Å². The maximum atomic E-state index is 8.57. The average Bonchev–Trinajstić information content (AvgIpc) is 1.61. The Kier molecular flexibility index (Phi) is 4.60. The molecule has 0 aliphatic carbocycles. The predicted octanol–water partition coefficient (Wildman–Crippen LogP) is 0.619. The van der Waals surface area contributed by atoms with E-state index in [1.54, 1.807) is 6.92 Å². The zero-order valence-corrected chi connectivity index (χ0v) is 5.19. The van der Waals surface area contributed by atoms with Gasteiger partial charge in [-0.05, 0) is 26.3 Å². The Hall–Kier alpha value is 0.270. The molecule has 0 spiro atoms. The van der Waals surface area contributed by atoms with Crippen LogP contribution in [0.15, 0.2) is 0 Å². The summed E-state index contributed by atoms with van der Waals surface area (Å²) in [4.78, 5) is 0. The lowest BCUT2D eigenvalue weighted by Crippen LogP contribution is -2.01. The molecule has 0 fully saturated rings. The summed E-state index contributed by atoms with van der Waals surface area (Å²) in [7, 11) is 0. The summed E-state index contributed by atoms with van der Waals surface area (Å²) in [6, 6.07) is 0. The van der Waals surface area contributed by atoms with Crippen LogP contribution in [-0.2, 0) is 4.18 Å². The molecule has 0 amide bonds. The molecule has 1 unspecified atom stereocenters. The predicted molar refractivity (Wildman–Crippen MR) is 31.2 cm³/mol. The highest BCUT2D eigenvalue weighted by atomic mass is 32.1. The first-order valence-corrected chi connectivity index (χ1v) is 2.58. The third kappa shape index (κ3) is 6.27. The fourth-order valence-electron chi connectivity index (χ4n) is 0.223. The molecule has 44 valence electrons. The van der Waals surface area contributed by atoms with E-state index in [0.717, 1.165) is 0 Å². The van der Waals surface area contributed by atoms with E-state index in [2.05, 4.69) is 17.1 Å². The lowest BCUT2D eigenvalue weighted by atomic mass is 10.3. The molecular weight excluding hydrogens is 112 g/mol. The smallest absolute Gasteiger partial charge is 0.0635 e. The van der Waals surface area contributed by atoms with E-state index in [0.29, 0.717) is 13.0 Å². The molecule has 1 atom stereocenters. The summed E-state index contributed by atoms with van der Waals surface area (Å²) >= 11 is 3.48. The maximum absolute atomic E-state index is 8.57. The van der Waals surface area contributed by atoms with Crippen LogP contribution in [0, 0.1) is 0 Å². The number of hydrogen-bond donors (Lipinski definition) is 2. The van der Waals surface area contributed by atoms with Gasteiger partial charge in [0.2, 0.25) is 0 Å². The molecule has 7 heavy (non-hydrogen) atoms. The summed E-state index contributed by atoms with van der Waals surface area (Å²) < 4.78 is 4.39. The summed E-state index contributed by atoms with van der Waals surface area (Å²) in [6.45, 7) is 2.23. The maximum Gasteiger partial charge on any atom is 0.0635 e. The second-order valence-corrected chi connectivity index (χ2v) is 1.73. The number of aliphatic hydroxyl groups is 1. The molecule has 0 bridgehead atoms. The van der Waals surface area contributed by atoms with Gasteiger partial charge in [-0.3, -0.25) is 0 Å². The number of hydrogen-bond acceptors (Lipinski definition) is 3. The highest BCUT2D eigenvalue weighted by Crippen LogP contribution is 1.90. The highest BCUT2D eigenvalue weighted by Gasteiger charge is 1.91. The topological polar surface area (TPSA) is 29.5 Å². The number of rotatable bonds is 3. The molecule has 1 N–H and O–H groups in total. The fourth-order valence-corrected chi connectivity index (χ4v) is 0.329. The second-order valence-electron chi connectivity index (χ2n) is 1.47. The van der Waals surface area contributed by atoms with Crippen LogP contribution in [-0.4, -0.2) is 17.8 Å². The molecule has 0 heterocycles. The number of aliphatic hydroxyl groups excluding tert-OH is 1. The van der Waals surface area contributed by atoms with Crippen LogP contribution in [0.3, 0.4) is 0 Å². The molecule has 0 aliphatic heterocycles. The van der Waals surface area contributed by atoms with Gasteiger partial charge in [0, 0.05) is 0 Å². The van der Waals surface area contributed by atoms with E-state index in [4.69, 9.17) is 5.11 Å².